The smallest absolute Gasteiger partial charge is 0.237 e. The molecule has 2 amide bonds. The van der Waals surface area contributed by atoms with Crippen LogP contribution in [0.4, 0.5) is 0 Å². The lowest BCUT2D eigenvalue weighted by atomic mass is 10.1. The molecule has 0 saturated heterocycles. The van der Waals surface area contributed by atoms with E-state index in [0.717, 1.165) is 36.4 Å². The Bertz CT molecular complexity index is 802. The van der Waals surface area contributed by atoms with Crippen LogP contribution in [0.5, 0.6) is 5.75 Å². The third-order valence-electron chi connectivity index (χ3n) is 4.23. The van der Waals surface area contributed by atoms with Gasteiger partial charge < -0.3 is 15.8 Å². The summed E-state index contributed by atoms with van der Waals surface area (Å²) >= 11 is 1.27. The second-order valence-corrected chi connectivity index (χ2v) is 7.35. The molecule has 0 atom stereocenters. The Labute approximate surface area is 161 Å². The van der Waals surface area contributed by atoms with Crippen molar-refractivity contribution in [1.29, 1.82) is 0 Å². The molecule has 3 rings (SSSR count). The number of hydrogen-bond donors (Lipinski definition) is 2. The molecule has 0 unspecified atom stereocenters. The van der Waals surface area contributed by atoms with E-state index in [4.69, 9.17) is 10.5 Å². The monoisotopic (exact) mass is 389 g/mol. The van der Waals surface area contributed by atoms with Crippen LogP contribution < -0.4 is 15.8 Å². The zero-order valence-corrected chi connectivity index (χ0v) is 16.0. The number of aromatic nitrogens is 3. The predicted octanol–water partition coefficient (Wildman–Crippen LogP) is 1.10. The average Bonchev–Trinajstić information content (AvgIpc) is 3.42. The quantitative estimate of drug-likeness (QED) is 0.589. The van der Waals surface area contributed by atoms with Crippen molar-refractivity contribution in [3.05, 3.63) is 35.7 Å². The van der Waals surface area contributed by atoms with Crippen LogP contribution in [-0.4, -0.2) is 46.0 Å². The van der Waals surface area contributed by atoms with Gasteiger partial charge in [-0.25, -0.2) is 0 Å². The van der Waals surface area contributed by atoms with Gasteiger partial charge in [0.05, 0.1) is 12.9 Å². The maximum absolute atomic E-state index is 12.1. The lowest BCUT2D eigenvalue weighted by Gasteiger charge is -2.08. The summed E-state index contributed by atoms with van der Waals surface area (Å²) in [6.45, 7) is 0.591. The van der Waals surface area contributed by atoms with Gasteiger partial charge in [0.25, 0.3) is 0 Å². The maximum Gasteiger partial charge on any atom is 0.237 e. The first-order valence-corrected chi connectivity index (χ1v) is 9.79. The van der Waals surface area contributed by atoms with Crippen molar-refractivity contribution >= 4 is 23.6 Å². The van der Waals surface area contributed by atoms with E-state index >= 15 is 0 Å². The molecule has 1 aromatic carbocycles. The largest absolute Gasteiger partial charge is 0.497 e. The highest BCUT2D eigenvalue weighted by atomic mass is 32.2. The fraction of sp³-hybridized carbons (Fsp3) is 0.444. The molecule has 0 bridgehead atoms. The Morgan fingerprint density at radius 1 is 1.30 bits per heavy atom. The van der Waals surface area contributed by atoms with Crippen LogP contribution >= 0.6 is 11.8 Å². The van der Waals surface area contributed by atoms with Crippen LogP contribution in [0.15, 0.2) is 29.4 Å². The third kappa shape index (κ3) is 5.46. The van der Waals surface area contributed by atoms with Crippen LogP contribution in [0.3, 0.4) is 0 Å². The zero-order valence-electron chi connectivity index (χ0n) is 15.2. The zero-order chi connectivity index (χ0) is 19.2. The highest BCUT2D eigenvalue weighted by Crippen LogP contribution is 2.39. The van der Waals surface area contributed by atoms with Crippen LogP contribution in [0, 0.1) is 0 Å². The van der Waals surface area contributed by atoms with Crippen molar-refractivity contribution in [1.82, 2.24) is 20.1 Å². The van der Waals surface area contributed by atoms with E-state index in [2.05, 4.69) is 15.5 Å². The van der Waals surface area contributed by atoms with Crippen LogP contribution in [0.25, 0.3) is 0 Å². The first-order chi connectivity index (χ1) is 13.1. The van der Waals surface area contributed by atoms with Gasteiger partial charge in [0, 0.05) is 12.5 Å². The van der Waals surface area contributed by atoms with Crippen LogP contribution in [-0.2, 0) is 22.6 Å². The topological polar surface area (TPSA) is 112 Å². The van der Waals surface area contributed by atoms with Gasteiger partial charge >= 0.3 is 0 Å². The number of hydrogen-bond acceptors (Lipinski definition) is 6. The minimum atomic E-state index is -0.442. The number of carbonyl (C=O) groups excluding carboxylic acids is 2. The minimum absolute atomic E-state index is 0.0419. The Morgan fingerprint density at radius 3 is 2.67 bits per heavy atom. The van der Waals surface area contributed by atoms with Gasteiger partial charge in [-0.2, -0.15) is 0 Å². The van der Waals surface area contributed by atoms with Crippen molar-refractivity contribution in [2.75, 3.05) is 19.4 Å². The molecule has 0 aliphatic heterocycles. The van der Waals surface area contributed by atoms with Crippen molar-refractivity contribution < 1.29 is 14.3 Å². The molecule has 8 nitrogen and oxygen atoms in total. The highest BCUT2D eigenvalue weighted by molar-refractivity contribution is 7.99. The van der Waals surface area contributed by atoms with E-state index in [-0.39, 0.29) is 18.2 Å². The van der Waals surface area contributed by atoms with Gasteiger partial charge in [-0.3, -0.25) is 14.2 Å². The fourth-order valence-electron chi connectivity index (χ4n) is 2.67. The van der Waals surface area contributed by atoms with E-state index in [1.165, 1.54) is 11.8 Å². The minimum Gasteiger partial charge on any atom is -0.497 e. The Balaban J connectivity index is 1.46. The van der Waals surface area contributed by atoms with E-state index in [9.17, 15) is 9.59 Å². The molecule has 144 valence electrons. The number of thioether (sulfide) groups is 1. The molecule has 1 fully saturated rings. The molecule has 1 aliphatic carbocycles. The van der Waals surface area contributed by atoms with E-state index in [1.54, 1.807) is 11.7 Å². The number of nitrogens with one attached hydrogen (secondary N) is 1. The molecule has 0 radical (unpaired) electrons. The number of nitrogens with zero attached hydrogens (tertiary/aromatic N) is 3. The molecule has 0 spiro atoms. The molecule has 1 aliphatic rings. The normalized spacial score (nSPS) is 13.4. The summed E-state index contributed by atoms with van der Waals surface area (Å²) in [5.41, 5.74) is 6.45. The standard InChI is InChI=1S/C18H23N5O3S/c1-26-14-6-2-12(3-7-14)8-9-20-16(25)11-27-18-22-21-17(13-4-5-13)23(18)10-15(19)24/h2-3,6-7,13H,4-5,8-11H2,1H3,(H2,19,24)(H,20,25). The highest BCUT2D eigenvalue weighted by Gasteiger charge is 2.30. The first kappa shape index (κ1) is 19.2. The average molecular weight is 389 g/mol. The van der Waals surface area contributed by atoms with Crippen molar-refractivity contribution in [2.24, 2.45) is 5.73 Å². The van der Waals surface area contributed by atoms with Gasteiger partial charge in [-0.15, -0.1) is 10.2 Å². The van der Waals surface area contributed by atoms with Crippen LogP contribution in [0.1, 0.15) is 30.1 Å². The Hall–Kier alpha value is -2.55. The Kier molecular flexibility index (Phi) is 6.33. The number of benzene rings is 1. The number of rotatable bonds is 10. The molecule has 9 heteroatoms. The maximum atomic E-state index is 12.1. The van der Waals surface area contributed by atoms with Gasteiger partial charge in [0.15, 0.2) is 5.16 Å². The summed E-state index contributed by atoms with van der Waals surface area (Å²) in [6, 6.07) is 7.75. The number of ether oxygens (including phenoxy) is 1. The Morgan fingerprint density at radius 2 is 2.04 bits per heavy atom. The summed E-state index contributed by atoms with van der Waals surface area (Å²) in [4.78, 5) is 23.4. The van der Waals surface area contributed by atoms with Crippen LogP contribution in [0.2, 0.25) is 0 Å². The summed E-state index contributed by atoms with van der Waals surface area (Å²) in [6.07, 6.45) is 2.84. The number of carbonyl (C=O) groups is 2. The third-order valence-corrected chi connectivity index (χ3v) is 5.20. The summed E-state index contributed by atoms with van der Waals surface area (Å²) in [7, 11) is 1.63. The number of nitrogens with two attached hydrogens (primary N) is 1. The number of amides is 2. The number of methoxy groups -OCH3 is 1. The second-order valence-electron chi connectivity index (χ2n) is 6.40. The molecule has 1 aromatic heterocycles. The molecular weight excluding hydrogens is 366 g/mol. The van der Waals surface area contributed by atoms with Gasteiger partial charge in [0.1, 0.15) is 18.1 Å². The fourth-order valence-corrected chi connectivity index (χ4v) is 3.45. The summed E-state index contributed by atoms with van der Waals surface area (Å²) in [5.74, 6) is 1.63. The lowest BCUT2D eigenvalue weighted by molar-refractivity contribution is -0.119. The van der Waals surface area contributed by atoms with E-state index < -0.39 is 5.91 Å². The van der Waals surface area contributed by atoms with E-state index in [0.29, 0.717) is 17.6 Å². The molecule has 3 N–H and O–H groups in total. The molecule has 27 heavy (non-hydrogen) atoms. The van der Waals surface area contributed by atoms with Crippen molar-refractivity contribution in [2.45, 2.75) is 36.9 Å². The second kappa shape index (κ2) is 8.90. The molecule has 2 aromatic rings. The van der Waals surface area contributed by atoms with Crippen molar-refractivity contribution in [3.63, 3.8) is 0 Å². The molecule has 1 saturated carbocycles. The van der Waals surface area contributed by atoms with E-state index in [1.807, 2.05) is 24.3 Å². The lowest BCUT2D eigenvalue weighted by Crippen LogP contribution is -2.27. The SMILES string of the molecule is COc1ccc(CCNC(=O)CSc2nnc(C3CC3)n2CC(N)=O)cc1. The summed E-state index contributed by atoms with van der Waals surface area (Å²) < 4.78 is 6.86. The van der Waals surface area contributed by atoms with Gasteiger partial charge in [-0.1, -0.05) is 23.9 Å². The number of primary amides is 1. The molecular formula is C18H23N5O3S. The predicted molar refractivity (Wildman–Crippen MR) is 102 cm³/mol. The van der Waals surface area contributed by atoms with Gasteiger partial charge in [-0.05, 0) is 37.0 Å². The first-order valence-electron chi connectivity index (χ1n) is 8.80. The van der Waals surface area contributed by atoms with Crippen molar-refractivity contribution in [3.8, 4) is 5.75 Å². The summed E-state index contributed by atoms with van der Waals surface area (Å²) in [5, 5.41) is 11.7. The molecule has 1 heterocycles. The van der Waals surface area contributed by atoms with Gasteiger partial charge in [0.2, 0.25) is 11.8 Å².